The lowest BCUT2D eigenvalue weighted by atomic mass is 9.63. The van der Waals surface area contributed by atoms with Gasteiger partial charge in [0.15, 0.2) is 0 Å². The molecule has 0 saturated heterocycles. The summed E-state index contributed by atoms with van der Waals surface area (Å²) in [6.07, 6.45) is 6.68. The van der Waals surface area contributed by atoms with Gasteiger partial charge in [-0.2, -0.15) is 0 Å². The molecule has 94 valence electrons. The molecular weight excluding hydrogens is 212 g/mol. The van der Waals surface area contributed by atoms with Gasteiger partial charge < -0.3 is 10.8 Å². The van der Waals surface area contributed by atoms with Crippen LogP contribution in [0.1, 0.15) is 45.1 Å². The maximum absolute atomic E-state index is 10.9. The van der Waals surface area contributed by atoms with Gasteiger partial charge in [0, 0.05) is 12.6 Å². The Bertz CT molecular complexity index is 403. The Morgan fingerprint density at radius 1 is 1.35 bits per heavy atom. The van der Waals surface area contributed by atoms with E-state index < -0.39 is 5.60 Å². The molecule has 1 aliphatic carbocycles. The summed E-state index contributed by atoms with van der Waals surface area (Å²) in [6.45, 7) is 4.33. The fourth-order valence-electron chi connectivity index (χ4n) is 2.83. The molecule has 3 nitrogen and oxygen atoms in total. The number of pyridine rings is 1. The number of nitrogens with zero attached hydrogens (tertiary/aromatic N) is 1. The minimum absolute atomic E-state index is 0.0245. The van der Waals surface area contributed by atoms with Crippen molar-refractivity contribution in [1.29, 1.82) is 0 Å². The molecule has 3 heteroatoms. The second kappa shape index (κ2) is 4.30. The van der Waals surface area contributed by atoms with E-state index in [4.69, 9.17) is 5.73 Å². The van der Waals surface area contributed by atoms with E-state index in [2.05, 4.69) is 18.8 Å². The molecule has 0 spiro atoms. The smallest absolute Gasteiger partial charge is 0.123 e. The Kier molecular flexibility index (Phi) is 3.13. The van der Waals surface area contributed by atoms with Crippen LogP contribution >= 0.6 is 0 Å². The third-order valence-electron chi connectivity index (χ3n) is 4.24. The molecule has 1 fully saturated rings. The van der Waals surface area contributed by atoms with E-state index in [-0.39, 0.29) is 5.41 Å². The van der Waals surface area contributed by atoms with Gasteiger partial charge in [-0.25, -0.2) is 4.98 Å². The Morgan fingerprint density at radius 2 is 2.06 bits per heavy atom. The van der Waals surface area contributed by atoms with E-state index in [1.165, 1.54) is 6.42 Å². The monoisotopic (exact) mass is 234 g/mol. The average Bonchev–Trinajstić information content (AvgIpc) is 2.23. The second-order valence-electron chi connectivity index (χ2n) is 5.89. The summed E-state index contributed by atoms with van der Waals surface area (Å²) < 4.78 is 0. The van der Waals surface area contributed by atoms with Gasteiger partial charge in [0.25, 0.3) is 0 Å². The zero-order chi connectivity index (χ0) is 12.5. The fourth-order valence-corrected chi connectivity index (χ4v) is 2.83. The van der Waals surface area contributed by atoms with Crippen LogP contribution in [0.25, 0.3) is 0 Å². The van der Waals surface area contributed by atoms with E-state index in [1.54, 1.807) is 6.20 Å². The highest BCUT2D eigenvalue weighted by molar-refractivity contribution is 5.32. The van der Waals surface area contributed by atoms with Gasteiger partial charge in [-0.3, -0.25) is 0 Å². The number of anilines is 1. The summed E-state index contributed by atoms with van der Waals surface area (Å²) >= 11 is 0. The molecule has 1 atom stereocenters. The zero-order valence-corrected chi connectivity index (χ0v) is 10.7. The molecule has 0 amide bonds. The maximum Gasteiger partial charge on any atom is 0.123 e. The van der Waals surface area contributed by atoms with E-state index in [9.17, 15) is 5.11 Å². The van der Waals surface area contributed by atoms with Gasteiger partial charge in [0.2, 0.25) is 0 Å². The summed E-state index contributed by atoms with van der Waals surface area (Å²) in [5, 5.41) is 10.9. The Morgan fingerprint density at radius 3 is 2.71 bits per heavy atom. The predicted octanol–water partition coefficient (Wildman–Crippen LogP) is 2.54. The largest absolute Gasteiger partial charge is 0.389 e. The second-order valence-corrected chi connectivity index (χ2v) is 5.89. The number of nitrogen functional groups attached to an aromatic ring is 1. The highest BCUT2D eigenvalue weighted by Crippen LogP contribution is 2.45. The van der Waals surface area contributed by atoms with Crippen molar-refractivity contribution < 1.29 is 5.11 Å². The van der Waals surface area contributed by atoms with Crippen LogP contribution in [0.2, 0.25) is 0 Å². The molecule has 1 aromatic heterocycles. The van der Waals surface area contributed by atoms with E-state index in [0.717, 1.165) is 24.8 Å². The molecule has 0 bridgehead atoms. The maximum atomic E-state index is 10.9. The van der Waals surface area contributed by atoms with E-state index in [1.807, 2.05) is 12.1 Å². The van der Waals surface area contributed by atoms with Crippen molar-refractivity contribution in [3.63, 3.8) is 0 Å². The minimum atomic E-state index is -0.612. The fraction of sp³-hybridized carbons (Fsp3) is 0.643. The topological polar surface area (TPSA) is 59.1 Å². The van der Waals surface area contributed by atoms with Gasteiger partial charge in [0.05, 0.1) is 5.60 Å². The highest BCUT2D eigenvalue weighted by Gasteiger charge is 2.44. The third kappa shape index (κ3) is 2.44. The van der Waals surface area contributed by atoms with Crippen molar-refractivity contribution in [2.45, 2.75) is 51.6 Å². The van der Waals surface area contributed by atoms with Crippen LogP contribution in [0.15, 0.2) is 18.3 Å². The molecule has 1 aliphatic rings. The number of hydrogen-bond acceptors (Lipinski definition) is 3. The van der Waals surface area contributed by atoms with Gasteiger partial charge in [-0.05, 0) is 36.0 Å². The standard InChI is InChI=1S/C14H22N2O/c1-13(2)6-3-4-7-14(13,17)10-11-5-8-16-12(15)9-11/h5,8-9,17H,3-4,6-7,10H2,1-2H3,(H2,15,16). The lowest BCUT2D eigenvalue weighted by molar-refractivity contribution is -0.0958. The van der Waals surface area contributed by atoms with Crippen LogP contribution in [-0.2, 0) is 6.42 Å². The summed E-state index contributed by atoms with van der Waals surface area (Å²) in [5.74, 6) is 0.528. The van der Waals surface area contributed by atoms with Crippen LogP contribution in [0.4, 0.5) is 5.82 Å². The van der Waals surface area contributed by atoms with Gasteiger partial charge in [-0.15, -0.1) is 0 Å². The first-order chi connectivity index (χ1) is 7.93. The van der Waals surface area contributed by atoms with Crippen LogP contribution in [0.5, 0.6) is 0 Å². The number of hydrogen-bond donors (Lipinski definition) is 2. The lowest BCUT2D eigenvalue weighted by Gasteiger charge is -2.46. The molecule has 3 N–H and O–H groups in total. The molecule has 1 aromatic rings. The summed E-state index contributed by atoms with van der Waals surface area (Å²) in [5.41, 5.74) is 6.12. The van der Waals surface area contributed by atoms with E-state index >= 15 is 0 Å². The van der Waals surface area contributed by atoms with E-state index in [0.29, 0.717) is 12.2 Å². The molecular formula is C14H22N2O. The molecule has 0 aliphatic heterocycles. The number of nitrogens with two attached hydrogens (primary N) is 1. The Hall–Kier alpha value is -1.09. The molecule has 2 rings (SSSR count). The molecule has 1 saturated carbocycles. The normalized spacial score (nSPS) is 27.9. The van der Waals surface area contributed by atoms with Crippen LogP contribution in [0.3, 0.4) is 0 Å². The van der Waals surface area contributed by atoms with Crippen molar-refractivity contribution in [3.05, 3.63) is 23.9 Å². The van der Waals surface area contributed by atoms with Crippen LogP contribution in [0, 0.1) is 5.41 Å². The first kappa shape index (κ1) is 12.4. The summed E-state index contributed by atoms with van der Waals surface area (Å²) in [7, 11) is 0. The summed E-state index contributed by atoms with van der Waals surface area (Å²) in [4.78, 5) is 3.99. The Balaban J connectivity index is 2.21. The van der Waals surface area contributed by atoms with Crippen LogP contribution in [-0.4, -0.2) is 15.7 Å². The number of rotatable bonds is 2. The van der Waals surface area contributed by atoms with Gasteiger partial charge >= 0.3 is 0 Å². The van der Waals surface area contributed by atoms with Crippen LogP contribution < -0.4 is 5.73 Å². The minimum Gasteiger partial charge on any atom is -0.389 e. The molecule has 0 aromatic carbocycles. The zero-order valence-electron chi connectivity index (χ0n) is 10.7. The Labute approximate surface area is 103 Å². The molecule has 0 radical (unpaired) electrons. The predicted molar refractivity (Wildman–Crippen MR) is 69.6 cm³/mol. The first-order valence-electron chi connectivity index (χ1n) is 6.36. The highest BCUT2D eigenvalue weighted by atomic mass is 16.3. The van der Waals surface area contributed by atoms with Crippen molar-refractivity contribution in [2.75, 3.05) is 5.73 Å². The average molecular weight is 234 g/mol. The molecule has 1 heterocycles. The quantitative estimate of drug-likeness (QED) is 0.826. The van der Waals surface area contributed by atoms with Crippen molar-refractivity contribution >= 4 is 5.82 Å². The van der Waals surface area contributed by atoms with Crippen molar-refractivity contribution in [1.82, 2.24) is 4.98 Å². The van der Waals surface area contributed by atoms with Gasteiger partial charge in [0.1, 0.15) is 5.82 Å². The molecule has 1 unspecified atom stereocenters. The third-order valence-corrected chi connectivity index (χ3v) is 4.24. The number of aromatic nitrogens is 1. The van der Waals surface area contributed by atoms with Gasteiger partial charge in [-0.1, -0.05) is 26.7 Å². The first-order valence-corrected chi connectivity index (χ1v) is 6.36. The number of aliphatic hydroxyl groups is 1. The lowest BCUT2D eigenvalue weighted by Crippen LogP contribution is -2.48. The SMILES string of the molecule is CC1(C)CCCCC1(O)Cc1ccnc(N)c1. The van der Waals surface area contributed by atoms with Crippen molar-refractivity contribution in [3.8, 4) is 0 Å². The van der Waals surface area contributed by atoms with Crippen molar-refractivity contribution in [2.24, 2.45) is 5.41 Å². The summed E-state index contributed by atoms with van der Waals surface area (Å²) in [6, 6.07) is 3.81. The molecule has 17 heavy (non-hydrogen) atoms.